The number of hydrogen-bond acceptors (Lipinski definition) is 7. The van der Waals surface area contributed by atoms with Crippen molar-refractivity contribution in [3.63, 3.8) is 0 Å². The van der Waals surface area contributed by atoms with E-state index in [-0.39, 0.29) is 6.04 Å². The number of thioether (sulfide) groups is 1. The molecule has 1 aliphatic heterocycles. The summed E-state index contributed by atoms with van der Waals surface area (Å²) in [5, 5.41) is 14.0. The Balaban J connectivity index is 1.84. The van der Waals surface area contributed by atoms with Gasteiger partial charge in [-0.25, -0.2) is 0 Å². The Morgan fingerprint density at radius 1 is 1.58 bits per heavy atom. The molecule has 3 rings (SSSR count). The van der Waals surface area contributed by atoms with Crippen LogP contribution in [0.3, 0.4) is 0 Å². The Morgan fingerprint density at radius 3 is 3.21 bits per heavy atom. The maximum Gasteiger partial charge on any atom is 0.234 e. The third-order valence-corrected chi connectivity index (χ3v) is 4.95. The van der Waals surface area contributed by atoms with Crippen molar-refractivity contribution >= 4 is 28.1 Å². The zero-order valence-electron chi connectivity index (χ0n) is 10.8. The van der Waals surface area contributed by atoms with Crippen molar-refractivity contribution in [1.29, 1.82) is 0 Å². The van der Waals surface area contributed by atoms with E-state index >= 15 is 0 Å². The summed E-state index contributed by atoms with van der Waals surface area (Å²) >= 11 is 3.34. The molecule has 2 atom stereocenters. The van der Waals surface area contributed by atoms with E-state index in [4.69, 9.17) is 10.5 Å². The molecule has 0 amide bonds. The van der Waals surface area contributed by atoms with Gasteiger partial charge in [-0.05, 0) is 24.9 Å². The fourth-order valence-corrected chi connectivity index (χ4v) is 3.53. The van der Waals surface area contributed by atoms with Crippen LogP contribution in [-0.2, 0) is 4.74 Å². The third-order valence-electron chi connectivity index (χ3n) is 3.28. The molecule has 0 aromatic carbocycles. The maximum atomic E-state index is 6.16. The van der Waals surface area contributed by atoms with Crippen molar-refractivity contribution in [3.8, 4) is 0 Å². The molecule has 3 heterocycles. The molecule has 19 heavy (non-hydrogen) atoms. The molecule has 2 N–H and O–H groups in total. The van der Waals surface area contributed by atoms with Gasteiger partial charge in [-0.1, -0.05) is 11.3 Å². The van der Waals surface area contributed by atoms with E-state index in [1.165, 1.54) is 11.3 Å². The third kappa shape index (κ3) is 2.62. The van der Waals surface area contributed by atoms with Gasteiger partial charge >= 0.3 is 0 Å². The molecule has 8 heteroatoms. The minimum atomic E-state index is -0.00757. The van der Waals surface area contributed by atoms with Crippen molar-refractivity contribution in [2.24, 2.45) is 5.73 Å². The van der Waals surface area contributed by atoms with Gasteiger partial charge in [0.2, 0.25) is 4.96 Å². The molecular formula is C11H17N5OS2. The topological polar surface area (TPSA) is 78.3 Å². The predicted molar refractivity (Wildman–Crippen MR) is 76.8 cm³/mol. The predicted octanol–water partition coefficient (Wildman–Crippen LogP) is 1.44. The van der Waals surface area contributed by atoms with Crippen molar-refractivity contribution in [3.05, 3.63) is 10.8 Å². The van der Waals surface area contributed by atoms with E-state index in [0.717, 1.165) is 41.0 Å². The lowest BCUT2D eigenvalue weighted by molar-refractivity contribution is 0.193. The van der Waals surface area contributed by atoms with Crippen LogP contribution in [0.4, 0.5) is 0 Å². The van der Waals surface area contributed by atoms with Crippen LogP contribution in [0, 0.1) is 0 Å². The fourth-order valence-electron chi connectivity index (χ4n) is 2.16. The fraction of sp³-hybridized carbons (Fsp3) is 0.727. The summed E-state index contributed by atoms with van der Waals surface area (Å²) in [6.07, 6.45) is 4.02. The zero-order chi connectivity index (χ0) is 13.2. The summed E-state index contributed by atoms with van der Waals surface area (Å²) in [5.41, 5.74) is 6.16. The molecule has 1 aliphatic rings. The standard InChI is InChI=1S/C11H17N5OS2/c1-18-5-3-8(12)10-15-16-9(7-2-4-17-6-7)13-14-11(16)19-10/h7-8H,2-6,12H2,1H3. The lowest BCUT2D eigenvalue weighted by Gasteiger charge is -2.06. The molecule has 2 unspecified atom stereocenters. The Morgan fingerprint density at radius 2 is 2.47 bits per heavy atom. The normalized spacial score (nSPS) is 21.3. The van der Waals surface area contributed by atoms with Crippen LogP contribution in [-0.4, -0.2) is 45.0 Å². The first-order chi connectivity index (χ1) is 9.29. The average Bonchev–Trinajstić information content (AvgIpc) is 3.09. The summed E-state index contributed by atoms with van der Waals surface area (Å²) < 4.78 is 7.25. The van der Waals surface area contributed by atoms with Crippen molar-refractivity contribution in [1.82, 2.24) is 19.8 Å². The van der Waals surface area contributed by atoms with Gasteiger partial charge in [0.15, 0.2) is 5.82 Å². The molecule has 104 valence electrons. The second-order valence-corrected chi connectivity index (χ2v) is 6.61. The van der Waals surface area contributed by atoms with Gasteiger partial charge in [-0.2, -0.15) is 21.4 Å². The number of ether oxygens (including phenoxy) is 1. The Hall–Kier alpha value is -0.700. The lowest BCUT2D eigenvalue weighted by atomic mass is 10.1. The molecule has 2 aromatic rings. The van der Waals surface area contributed by atoms with Gasteiger partial charge in [0.25, 0.3) is 0 Å². The minimum Gasteiger partial charge on any atom is -0.381 e. The average molecular weight is 299 g/mol. The van der Waals surface area contributed by atoms with Crippen LogP contribution in [0.15, 0.2) is 0 Å². The second-order valence-electron chi connectivity index (χ2n) is 4.64. The van der Waals surface area contributed by atoms with Gasteiger partial charge < -0.3 is 10.5 Å². The van der Waals surface area contributed by atoms with Gasteiger partial charge in [0, 0.05) is 12.5 Å². The molecule has 0 aliphatic carbocycles. The first kappa shape index (κ1) is 13.3. The van der Waals surface area contributed by atoms with Crippen LogP contribution in [0.2, 0.25) is 0 Å². The zero-order valence-corrected chi connectivity index (χ0v) is 12.4. The molecule has 2 aromatic heterocycles. The van der Waals surface area contributed by atoms with Crippen LogP contribution in [0.5, 0.6) is 0 Å². The van der Waals surface area contributed by atoms with Crippen molar-refractivity contribution in [2.45, 2.75) is 24.8 Å². The van der Waals surface area contributed by atoms with Crippen LogP contribution in [0.25, 0.3) is 4.96 Å². The molecule has 0 spiro atoms. The lowest BCUT2D eigenvalue weighted by Crippen LogP contribution is -2.12. The first-order valence-corrected chi connectivity index (χ1v) is 8.55. The monoisotopic (exact) mass is 299 g/mol. The number of hydrogen-bond donors (Lipinski definition) is 1. The highest BCUT2D eigenvalue weighted by molar-refractivity contribution is 7.98. The maximum absolute atomic E-state index is 6.16. The summed E-state index contributed by atoms with van der Waals surface area (Å²) in [6.45, 7) is 1.51. The van der Waals surface area contributed by atoms with Crippen LogP contribution in [0.1, 0.15) is 35.6 Å². The molecule has 0 radical (unpaired) electrons. The Bertz CT molecular complexity index is 548. The summed E-state index contributed by atoms with van der Waals surface area (Å²) in [5.74, 6) is 2.27. The molecule has 6 nitrogen and oxygen atoms in total. The summed E-state index contributed by atoms with van der Waals surface area (Å²) in [7, 11) is 0. The largest absolute Gasteiger partial charge is 0.381 e. The van der Waals surface area contributed by atoms with E-state index in [9.17, 15) is 0 Å². The van der Waals surface area contributed by atoms with Crippen LogP contribution < -0.4 is 5.73 Å². The number of fused-ring (bicyclic) bond motifs is 1. The van der Waals surface area contributed by atoms with Gasteiger partial charge in [-0.15, -0.1) is 10.2 Å². The van der Waals surface area contributed by atoms with E-state index in [2.05, 4.69) is 21.6 Å². The summed E-state index contributed by atoms with van der Waals surface area (Å²) in [6, 6.07) is -0.00757. The Labute approximate surface area is 119 Å². The van der Waals surface area contributed by atoms with Gasteiger partial charge in [0.05, 0.1) is 12.6 Å². The van der Waals surface area contributed by atoms with E-state index in [1.807, 2.05) is 4.52 Å². The van der Waals surface area contributed by atoms with E-state index in [1.54, 1.807) is 11.8 Å². The molecule has 0 bridgehead atoms. The molecule has 1 saturated heterocycles. The highest BCUT2D eigenvalue weighted by Crippen LogP contribution is 2.27. The second kappa shape index (κ2) is 5.74. The molecule has 0 saturated carbocycles. The molecule has 1 fully saturated rings. The first-order valence-electron chi connectivity index (χ1n) is 6.34. The Kier molecular flexibility index (Phi) is 4.01. The number of nitrogens with zero attached hydrogens (tertiary/aromatic N) is 4. The quantitative estimate of drug-likeness (QED) is 0.900. The molecular weight excluding hydrogens is 282 g/mol. The number of rotatable bonds is 5. The van der Waals surface area contributed by atoms with Crippen molar-refractivity contribution in [2.75, 3.05) is 25.2 Å². The summed E-state index contributed by atoms with van der Waals surface area (Å²) in [4.78, 5) is 0.830. The van der Waals surface area contributed by atoms with Gasteiger partial charge in [0.1, 0.15) is 5.01 Å². The highest BCUT2D eigenvalue weighted by Gasteiger charge is 2.25. The van der Waals surface area contributed by atoms with Crippen molar-refractivity contribution < 1.29 is 4.74 Å². The smallest absolute Gasteiger partial charge is 0.234 e. The highest BCUT2D eigenvalue weighted by atomic mass is 32.2. The minimum absolute atomic E-state index is 0.00757. The van der Waals surface area contributed by atoms with E-state index in [0.29, 0.717) is 12.5 Å². The van der Waals surface area contributed by atoms with E-state index < -0.39 is 0 Å². The van der Waals surface area contributed by atoms with Crippen LogP contribution >= 0.6 is 23.1 Å². The van der Waals surface area contributed by atoms with Gasteiger partial charge in [-0.3, -0.25) is 0 Å². The number of aromatic nitrogens is 4. The SMILES string of the molecule is CSCCC(N)c1nn2c(C3CCOC3)nnc2s1. The number of nitrogens with two attached hydrogens (primary N) is 1.